The van der Waals surface area contributed by atoms with Gasteiger partial charge >= 0.3 is 6.16 Å². The molecule has 0 radical (unpaired) electrons. The van der Waals surface area contributed by atoms with Gasteiger partial charge in [-0.05, 0) is 25.7 Å². The van der Waals surface area contributed by atoms with Gasteiger partial charge < -0.3 is 14.6 Å². The molecule has 1 aliphatic heterocycles. The minimum absolute atomic E-state index is 0.101. The van der Waals surface area contributed by atoms with E-state index in [9.17, 15) is 4.79 Å². The van der Waals surface area contributed by atoms with Gasteiger partial charge in [0.2, 0.25) is 0 Å². The highest BCUT2D eigenvalue weighted by molar-refractivity contribution is 5.62. The third kappa shape index (κ3) is 4.08. The molecule has 0 aromatic rings. The van der Waals surface area contributed by atoms with Crippen LogP contribution in [0.4, 0.5) is 4.79 Å². The van der Waals surface area contributed by atoms with Crippen molar-refractivity contribution in [2.75, 3.05) is 6.61 Å². The van der Waals surface area contributed by atoms with E-state index in [2.05, 4.69) is 6.92 Å². The summed E-state index contributed by atoms with van der Waals surface area (Å²) in [6, 6.07) is 0. The molecule has 0 spiro atoms. The van der Waals surface area contributed by atoms with Crippen LogP contribution in [0.1, 0.15) is 45.4 Å². The summed E-state index contributed by atoms with van der Waals surface area (Å²) in [5, 5.41) is 8.71. The van der Waals surface area contributed by atoms with Crippen LogP contribution < -0.4 is 0 Å². The quantitative estimate of drug-likeness (QED) is 0.524. The Balaban J connectivity index is 2.28. The molecule has 1 saturated heterocycles. The Morgan fingerprint density at radius 2 is 1.73 bits per heavy atom. The first kappa shape index (κ1) is 12.3. The fourth-order valence-electron chi connectivity index (χ4n) is 1.80. The molecule has 0 amide bonds. The minimum Gasteiger partial charge on any atom is -0.427 e. The molecule has 0 aromatic carbocycles. The second-order valence-electron chi connectivity index (χ2n) is 3.92. The van der Waals surface area contributed by atoms with Crippen molar-refractivity contribution in [2.45, 2.75) is 57.7 Å². The van der Waals surface area contributed by atoms with Gasteiger partial charge in [0.25, 0.3) is 0 Å². The summed E-state index contributed by atoms with van der Waals surface area (Å²) in [4.78, 5) is 11.0. The van der Waals surface area contributed by atoms with Crippen LogP contribution in [0, 0.1) is 0 Å². The molecule has 1 N–H and O–H groups in total. The number of hydrogen-bond acceptors (Lipinski definition) is 4. The number of cyclic esters (lactones) is 2. The summed E-state index contributed by atoms with van der Waals surface area (Å²) in [5.41, 5.74) is 0. The normalized spacial score (nSPS) is 25.1. The predicted octanol–water partition coefficient (Wildman–Crippen LogP) is 2.24. The Kier molecular flexibility index (Phi) is 5.47. The van der Waals surface area contributed by atoms with Gasteiger partial charge in [0.1, 0.15) is 12.2 Å². The summed E-state index contributed by atoms with van der Waals surface area (Å²) < 4.78 is 10.1. The Morgan fingerprint density at radius 1 is 1.13 bits per heavy atom. The third-order valence-electron chi connectivity index (χ3n) is 2.65. The van der Waals surface area contributed by atoms with Crippen molar-refractivity contribution in [3.05, 3.63) is 0 Å². The average Bonchev–Trinajstić information content (AvgIpc) is 2.56. The van der Waals surface area contributed by atoms with Crippen LogP contribution in [0.3, 0.4) is 0 Å². The highest BCUT2D eigenvalue weighted by Crippen LogP contribution is 2.23. The zero-order valence-corrected chi connectivity index (χ0v) is 9.28. The fraction of sp³-hybridized carbons (Fsp3) is 0.909. The van der Waals surface area contributed by atoms with E-state index in [0.29, 0.717) is 12.8 Å². The van der Waals surface area contributed by atoms with E-state index in [1.54, 1.807) is 0 Å². The highest BCUT2D eigenvalue weighted by atomic mass is 16.8. The molecule has 0 saturated carbocycles. The van der Waals surface area contributed by atoms with Gasteiger partial charge in [-0.15, -0.1) is 0 Å². The van der Waals surface area contributed by atoms with E-state index >= 15 is 0 Å². The first-order valence-electron chi connectivity index (χ1n) is 5.76. The molecule has 4 heteroatoms. The lowest BCUT2D eigenvalue weighted by molar-refractivity contribution is 0.113. The first-order valence-corrected chi connectivity index (χ1v) is 5.76. The van der Waals surface area contributed by atoms with Gasteiger partial charge in [-0.3, -0.25) is 0 Å². The smallest absolute Gasteiger partial charge is 0.427 e. The molecule has 1 aliphatic rings. The molecule has 0 aliphatic carbocycles. The number of rotatable bonds is 7. The Bertz CT molecular complexity index is 193. The van der Waals surface area contributed by atoms with Gasteiger partial charge in [-0.1, -0.05) is 19.8 Å². The molecular formula is C11H20O4. The van der Waals surface area contributed by atoms with Crippen molar-refractivity contribution in [2.24, 2.45) is 0 Å². The lowest BCUT2D eigenvalue weighted by atomic mass is 10.0. The summed E-state index contributed by atoms with van der Waals surface area (Å²) in [7, 11) is 0. The van der Waals surface area contributed by atoms with Gasteiger partial charge in [0.15, 0.2) is 0 Å². The van der Waals surface area contributed by atoms with Crippen LogP contribution >= 0.6 is 0 Å². The van der Waals surface area contributed by atoms with E-state index in [4.69, 9.17) is 14.6 Å². The zero-order valence-electron chi connectivity index (χ0n) is 9.28. The minimum atomic E-state index is -0.556. The maximum absolute atomic E-state index is 11.0. The topological polar surface area (TPSA) is 55.8 Å². The van der Waals surface area contributed by atoms with Gasteiger partial charge in [0.05, 0.1) is 0 Å². The van der Waals surface area contributed by atoms with E-state index in [1.165, 1.54) is 0 Å². The Morgan fingerprint density at radius 3 is 2.27 bits per heavy atom. The van der Waals surface area contributed by atoms with E-state index in [-0.39, 0.29) is 18.8 Å². The number of aliphatic hydroxyl groups excluding tert-OH is 1. The fourth-order valence-corrected chi connectivity index (χ4v) is 1.80. The molecule has 0 bridgehead atoms. The van der Waals surface area contributed by atoms with Crippen LogP contribution in [0.15, 0.2) is 0 Å². The number of hydrogen-bond donors (Lipinski definition) is 1. The van der Waals surface area contributed by atoms with Crippen molar-refractivity contribution < 1.29 is 19.4 Å². The molecule has 4 nitrogen and oxygen atoms in total. The van der Waals surface area contributed by atoms with Crippen molar-refractivity contribution in [1.29, 1.82) is 0 Å². The number of ether oxygens (including phenoxy) is 2. The number of aliphatic hydroxyl groups is 1. The molecule has 2 atom stereocenters. The number of carbonyl (C=O) groups excluding carboxylic acids is 1. The van der Waals surface area contributed by atoms with E-state index in [1.807, 2.05) is 0 Å². The predicted molar refractivity (Wildman–Crippen MR) is 55.6 cm³/mol. The molecule has 1 heterocycles. The largest absolute Gasteiger partial charge is 0.509 e. The molecular weight excluding hydrogens is 196 g/mol. The SMILES string of the molecule is CCCCC[C@H]1OC(=O)O[C@H]1CCCO. The maximum Gasteiger partial charge on any atom is 0.509 e. The summed E-state index contributed by atoms with van der Waals surface area (Å²) in [5.74, 6) is 0. The van der Waals surface area contributed by atoms with E-state index in [0.717, 1.165) is 25.7 Å². The van der Waals surface area contributed by atoms with Crippen molar-refractivity contribution in [3.63, 3.8) is 0 Å². The molecule has 1 fully saturated rings. The van der Waals surface area contributed by atoms with Crippen LogP contribution in [-0.2, 0) is 9.47 Å². The van der Waals surface area contributed by atoms with E-state index < -0.39 is 6.16 Å². The Labute approximate surface area is 90.6 Å². The lowest BCUT2D eigenvalue weighted by Crippen LogP contribution is -2.22. The molecule has 15 heavy (non-hydrogen) atoms. The summed E-state index contributed by atoms with van der Waals surface area (Å²) >= 11 is 0. The Hall–Kier alpha value is -0.770. The van der Waals surface area contributed by atoms with Crippen molar-refractivity contribution >= 4 is 6.16 Å². The van der Waals surface area contributed by atoms with Gasteiger partial charge in [0, 0.05) is 6.61 Å². The summed E-state index contributed by atoms with van der Waals surface area (Å²) in [6.07, 6.45) is 4.79. The monoisotopic (exact) mass is 216 g/mol. The van der Waals surface area contributed by atoms with Crippen LogP contribution in [0.2, 0.25) is 0 Å². The van der Waals surface area contributed by atoms with Crippen molar-refractivity contribution in [1.82, 2.24) is 0 Å². The standard InChI is InChI=1S/C11H20O4/c1-2-3-4-6-9-10(7-5-8-12)15-11(13)14-9/h9-10,12H,2-8H2,1H3/t9-,10+/m1/s1. The molecule has 1 rings (SSSR count). The molecule has 88 valence electrons. The van der Waals surface area contributed by atoms with Crippen molar-refractivity contribution in [3.8, 4) is 0 Å². The molecule has 0 unspecified atom stereocenters. The number of unbranched alkanes of at least 4 members (excludes halogenated alkanes) is 2. The highest BCUT2D eigenvalue weighted by Gasteiger charge is 2.35. The van der Waals surface area contributed by atoms with Crippen LogP contribution in [0.25, 0.3) is 0 Å². The summed E-state index contributed by atoms with van der Waals surface area (Å²) in [6.45, 7) is 2.27. The second kappa shape index (κ2) is 6.67. The zero-order chi connectivity index (χ0) is 11.1. The third-order valence-corrected chi connectivity index (χ3v) is 2.65. The van der Waals surface area contributed by atoms with Crippen LogP contribution in [0.5, 0.6) is 0 Å². The van der Waals surface area contributed by atoms with Crippen LogP contribution in [-0.4, -0.2) is 30.1 Å². The maximum atomic E-state index is 11.0. The first-order chi connectivity index (χ1) is 7.27. The average molecular weight is 216 g/mol. The second-order valence-corrected chi connectivity index (χ2v) is 3.92. The number of carbonyl (C=O) groups is 1. The van der Waals surface area contributed by atoms with Gasteiger partial charge in [-0.2, -0.15) is 0 Å². The van der Waals surface area contributed by atoms with Gasteiger partial charge in [-0.25, -0.2) is 4.79 Å². The lowest BCUT2D eigenvalue weighted by Gasteiger charge is -2.14. The molecule has 0 aromatic heterocycles.